The van der Waals surface area contributed by atoms with Gasteiger partial charge in [0.1, 0.15) is 0 Å². The fraction of sp³-hybridized carbons (Fsp3) is 0.429. The number of likely N-dealkylation sites (N-methyl/N-ethyl adjacent to an activating group) is 1. The first-order valence-corrected chi connectivity index (χ1v) is 10.3. The predicted octanol–water partition coefficient (Wildman–Crippen LogP) is 3.12. The van der Waals surface area contributed by atoms with E-state index in [0.717, 1.165) is 38.4 Å². The Kier molecular flexibility index (Phi) is 6.87. The molecule has 0 aliphatic carbocycles. The lowest BCUT2D eigenvalue weighted by atomic mass is 10.1. The largest absolute Gasteiger partial charge is 0.352 e. The van der Waals surface area contributed by atoms with Gasteiger partial charge in [0, 0.05) is 51.6 Å². The highest BCUT2D eigenvalue weighted by atomic mass is 32.1. The number of carbonyl (C=O) groups is 1. The summed E-state index contributed by atoms with van der Waals surface area (Å²) in [7, 11) is 3.89. The van der Waals surface area contributed by atoms with E-state index in [1.54, 1.807) is 11.3 Å². The van der Waals surface area contributed by atoms with Crippen LogP contribution in [0.5, 0.6) is 0 Å². The van der Waals surface area contributed by atoms with Crippen LogP contribution in [0.4, 0.5) is 0 Å². The molecule has 1 aliphatic heterocycles. The number of nitrogens with one attached hydrogen (secondary N) is 1. The van der Waals surface area contributed by atoms with Crippen LogP contribution in [0, 0.1) is 0 Å². The van der Waals surface area contributed by atoms with Gasteiger partial charge in [-0.15, -0.1) is 11.3 Å². The van der Waals surface area contributed by atoms with Gasteiger partial charge in [-0.05, 0) is 35.4 Å². The Morgan fingerprint density at radius 2 is 2.15 bits per heavy atom. The van der Waals surface area contributed by atoms with E-state index in [0.29, 0.717) is 13.0 Å². The molecule has 1 N–H and O–H groups in total. The molecule has 0 spiro atoms. The number of rotatable bonds is 7. The van der Waals surface area contributed by atoms with Crippen molar-refractivity contribution in [1.82, 2.24) is 15.1 Å². The first-order valence-electron chi connectivity index (χ1n) is 9.45. The molecule has 1 saturated heterocycles. The van der Waals surface area contributed by atoms with Crippen molar-refractivity contribution in [1.29, 1.82) is 0 Å². The van der Waals surface area contributed by atoms with Gasteiger partial charge in [-0.2, -0.15) is 0 Å². The van der Waals surface area contributed by atoms with Crippen molar-refractivity contribution >= 4 is 23.2 Å². The third-order valence-electron chi connectivity index (χ3n) is 4.83. The van der Waals surface area contributed by atoms with Gasteiger partial charge in [-0.25, -0.2) is 0 Å². The summed E-state index contributed by atoms with van der Waals surface area (Å²) in [5, 5.41) is 5.56. The van der Waals surface area contributed by atoms with Crippen molar-refractivity contribution in [2.45, 2.75) is 32.4 Å². The van der Waals surface area contributed by atoms with E-state index >= 15 is 0 Å². The molecule has 27 heavy (non-hydrogen) atoms. The molecule has 1 amide bonds. The highest BCUT2D eigenvalue weighted by molar-refractivity contribution is 7.09. The third kappa shape index (κ3) is 5.57. The average Bonchev–Trinajstić information content (AvgIpc) is 3.33. The number of guanidine groups is 1. The normalized spacial score (nSPS) is 14.7. The number of hydrogen-bond donors (Lipinski definition) is 1. The van der Waals surface area contributed by atoms with Crippen LogP contribution in [0.25, 0.3) is 0 Å². The molecule has 5 nitrogen and oxygen atoms in total. The van der Waals surface area contributed by atoms with Crippen molar-refractivity contribution in [2.75, 3.05) is 27.2 Å². The second-order valence-electron chi connectivity index (χ2n) is 6.89. The van der Waals surface area contributed by atoms with E-state index < -0.39 is 0 Å². The lowest BCUT2D eigenvalue weighted by molar-refractivity contribution is -0.128. The second kappa shape index (κ2) is 9.55. The van der Waals surface area contributed by atoms with E-state index in [9.17, 15) is 4.79 Å². The van der Waals surface area contributed by atoms with Crippen LogP contribution < -0.4 is 5.32 Å². The van der Waals surface area contributed by atoms with Crippen LogP contribution in [0.2, 0.25) is 0 Å². The number of nitrogens with zero attached hydrogens (tertiary/aromatic N) is 3. The number of hydrogen-bond acceptors (Lipinski definition) is 3. The summed E-state index contributed by atoms with van der Waals surface area (Å²) in [6.45, 7) is 3.24. The molecular formula is C21H28N4OS. The Labute approximate surface area is 165 Å². The van der Waals surface area contributed by atoms with Gasteiger partial charge >= 0.3 is 0 Å². The molecule has 6 heteroatoms. The number of thiophene rings is 1. The Hall–Kier alpha value is -2.34. The minimum Gasteiger partial charge on any atom is -0.352 e. The van der Waals surface area contributed by atoms with Crippen LogP contribution in [0.1, 0.15) is 28.8 Å². The Balaban J connectivity index is 1.51. The Bertz CT molecular complexity index is 772. The number of benzene rings is 1. The van der Waals surface area contributed by atoms with Crippen molar-refractivity contribution < 1.29 is 4.79 Å². The van der Waals surface area contributed by atoms with Crippen molar-refractivity contribution in [3.8, 4) is 0 Å². The lowest BCUT2D eigenvalue weighted by Gasteiger charge is -2.22. The molecule has 0 radical (unpaired) electrons. The molecule has 0 atom stereocenters. The Morgan fingerprint density at radius 1 is 1.30 bits per heavy atom. The lowest BCUT2D eigenvalue weighted by Crippen LogP contribution is -2.39. The van der Waals surface area contributed by atoms with Gasteiger partial charge in [0.15, 0.2) is 5.96 Å². The van der Waals surface area contributed by atoms with Crippen molar-refractivity contribution in [3.05, 3.63) is 57.8 Å². The van der Waals surface area contributed by atoms with Gasteiger partial charge in [-0.1, -0.05) is 30.3 Å². The minimum absolute atomic E-state index is 0.270. The number of carbonyl (C=O) groups excluding carboxylic acids is 1. The predicted molar refractivity (Wildman–Crippen MR) is 112 cm³/mol. The zero-order valence-corrected chi connectivity index (χ0v) is 17.0. The maximum absolute atomic E-state index is 11.8. The van der Waals surface area contributed by atoms with Gasteiger partial charge in [0.25, 0.3) is 0 Å². The van der Waals surface area contributed by atoms with E-state index in [1.165, 1.54) is 16.0 Å². The zero-order chi connectivity index (χ0) is 19.1. The highest BCUT2D eigenvalue weighted by Crippen LogP contribution is 2.15. The van der Waals surface area contributed by atoms with Crippen LogP contribution in [0.15, 0.2) is 46.8 Å². The van der Waals surface area contributed by atoms with Gasteiger partial charge in [0.05, 0.1) is 0 Å². The van der Waals surface area contributed by atoms with E-state index in [2.05, 4.69) is 64.0 Å². The van der Waals surface area contributed by atoms with Crippen LogP contribution in [-0.2, 0) is 24.3 Å². The standard InChI is InChI=1S/C21H28N4OS/c1-22-21(24(2)12-10-19-8-5-13-27-19)23-15-17-6-3-7-18(14-17)16-25-11-4-9-20(25)26/h3,5-8,13-14H,4,9-12,15-16H2,1-2H3,(H,22,23). The van der Waals surface area contributed by atoms with Crippen LogP contribution in [0.3, 0.4) is 0 Å². The van der Waals surface area contributed by atoms with E-state index in [4.69, 9.17) is 0 Å². The van der Waals surface area contributed by atoms with E-state index in [1.807, 2.05) is 11.9 Å². The Morgan fingerprint density at radius 3 is 2.85 bits per heavy atom. The molecule has 3 rings (SSSR count). The molecule has 0 bridgehead atoms. The monoisotopic (exact) mass is 384 g/mol. The van der Waals surface area contributed by atoms with Crippen LogP contribution in [-0.4, -0.2) is 48.9 Å². The quantitative estimate of drug-likeness (QED) is 0.589. The smallest absolute Gasteiger partial charge is 0.222 e. The second-order valence-corrected chi connectivity index (χ2v) is 7.92. The van der Waals surface area contributed by atoms with Crippen molar-refractivity contribution in [2.24, 2.45) is 4.99 Å². The molecule has 1 aliphatic rings. The molecular weight excluding hydrogens is 356 g/mol. The summed E-state index contributed by atoms with van der Waals surface area (Å²) in [6.07, 6.45) is 2.69. The molecule has 1 aromatic carbocycles. The first kappa shape index (κ1) is 19.4. The van der Waals surface area contributed by atoms with Gasteiger partial charge in [0.2, 0.25) is 5.91 Å². The summed E-state index contributed by atoms with van der Waals surface area (Å²) in [5.41, 5.74) is 2.39. The SMILES string of the molecule is CN=C(NCc1cccc(CN2CCCC2=O)c1)N(C)CCc1cccs1. The van der Waals surface area contributed by atoms with Crippen LogP contribution >= 0.6 is 11.3 Å². The molecule has 2 aromatic rings. The van der Waals surface area contributed by atoms with E-state index in [-0.39, 0.29) is 5.91 Å². The highest BCUT2D eigenvalue weighted by Gasteiger charge is 2.19. The third-order valence-corrected chi connectivity index (χ3v) is 5.77. The fourth-order valence-electron chi connectivity index (χ4n) is 3.33. The van der Waals surface area contributed by atoms with Gasteiger partial charge in [-0.3, -0.25) is 9.79 Å². The molecule has 2 heterocycles. The number of aliphatic imine (C=N–C) groups is 1. The van der Waals surface area contributed by atoms with Crippen molar-refractivity contribution in [3.63, 3.8) is 0 Å². The summed E-state index contributed by atoms with van der Waals surface area (Å²) in [5.74, 6) is 1.16. The average molecular weight is 385 g/mol. The maximum Gasteiger partial charge on any atom is 0.222 e. The molecule has 0 unspecified atom stereocenters. The molecule has 0 saturated carbocycles. The summed E-state index contributed by atoms with van der Waals surface area (Å²) < 4.78 is 0. The topological polar surface area (TPSA) is 47.9 Å². The zero-order valence-electron chi connectivity index (χ0n) is 16.1. The van der Waals surface area contributed by atoms with Gasteiger partial charge < -0.3 is 15.1 Å². The summed E-state index contributed by atoms with van der Waals surface area (Å²) in [6, 6.07) is 12.7. The molecule has 1 fully saturated rings. The first-order chi connectivity index (χ1) is 13.2. The summed E-state index contributed by atoms with van der Waals surface area (Å²) >= 11 is 1.79. The minimum atomic E-state index is 0.270. The molecule has 1 aromatic heterocycles. The fourth-order valence-corrected chi connectivity index (χ4v) is 4.03. The number of likely N-dealkylation sites (tertiary alicyclic amines) is 1. The maximum atomic E-state index is 11.8. The number of amides is 1. The molecule has 144 valence electrons. The summed E-state index contributed by atoms with van der Waals surface area (Å²) in [4.78, 5) is 21.7.